The van der Waals surface area contributed by atoms with Gasteiger partial charge in [0.25, 0.3) is 15.9 Å². The number of carbonyl (C=O) groups is 2. The van der Waals surface area contributed by atoms with Gasteiger partial charge in [-0.25, -0.2) is 13.2 Å². The molecule has 37 heavy (non-hydrogen) atoms. The van der Waals surface area contributed by atoms with Crippen LogP contribution in [0.15, 0.2) is 132 Å². The first-order valence-electron chi connectivity index (χ1n) is 11.5. The van der Waals surface area contributed by atoms with Crippen molar-refractivity contribution >= 4 is 38.4 Å². The van der Waals surface area contributed by atoms with E-state index in [0.29, 0.717) is 16.3 Å². The van der Waals surface area contributed by atoms with Crippen LogP contribution in [0.5, 0.6) is 5.75 Å². The van der Waals surface area contributed by atoms with Crippen molar-refractivity contribution in [1.82, 2.24) is 0 Å². The molecule has 182 valence electrons. The fourth-order valence-corrected chi connectivity index (χ4v) is 5.45. The van der Waals surface area contributed by atoms with E-state index in [2.05, 4.69) is 0 Å². The molecule has 0 fully saturated rings. The second-order valence-electron chi connectivity index (χ2n) is 8.14. The Labute approximate surface area is 214 Å². The molecule has 0 saturated carbocycles. The van der Waals surface area contributed by atoms with E-state index in [1.807, 2.05) is 0 Å². The summed E-state index contributed by atoms with van der Waals surface area (Å²) >= 11 is 0. The molecule has 0 aromatic heterocycles. The van der Waals surface area contributed by atoms with E-state index in [1.165, 1.54) is 24.3 Å². The predicted octanol–water partition coefficient (Wildman–Crippen LogP) is 6.09. The summed E-state index contributed by atoms with van der Waals surface area (Å²) in [7, 11) is -4.30. The highest BCUT2D eigenvalue weighted by Gasteiger charge is 2.33. The number of fused-ring (bicyclic) bond motifs is 1. The molecule has 0 aliphatic carbocycles. The second kappa shape index (κ2) is 10.1. The average Bonchev–Trinajstić information content (AvgIpc) is 2.95. The maximum absolute atomic E-state index is 13.9. The van der Waals surface area contributed by atoms with Gasteiger partial charge in [-0.1, -0.05) is 78.9 Å². The van der Waals surface area contributed by atoms with Crippen LogP contribution in [0, 0.1) is 0 Å². The van der Waals surface area contributed by atoms with Gasteiger partial charge in [-0.2, -0.15) is 4.31 Å². The topological polar surface area (TPSA) is 80.8 Å². The Hall–Kier alpha value is -4.75. The molecule has 0 bridgehead atoms. The van der Waals surface area contributed by atoms with E-state index in [-0.39, 0.29) is 21.9 Å². The number of amides is 1. The third kappa shape index (κ3) is 4.72. The number of hydrogen-bond acceptors (Lipinski definition) is 5. The number of esters is 1. The smallest absolute Gasteiger partial charge is 0.343 e. The molecule has 0 aliphatic heterocycles. The van der Waals surface area contributed by atoms with Gasteiger partial charge in [0, 0.05) is 16.3 Å². The maximum Gasteiger partial charge on any atom is 0.343 e. The molecule has 0 heterocycles. The minimum Gasteiger partial charge on any atom is -0.422 e. The molecule has 0 aliphatic rings. The second-order valence-corrected chi connectivity index (χ2v) is 9.92. The average molecular weight is 508 g/mol. The molecule has 5 aromatic carbocycles. The first-order chi connectivity index (χ1) is 18.0. The molecule has 0 atom stereocenters. The Morgan fingerprint density at radius 1 is 0.568 bits per heavy atom. The number of sulfonamides is 1. The van der Waals surface area contributed by atoms with E-state index < -0.39 is 21.9 Å². The first-order valence-corrected chi connectivity index (χ1v) is 12.9. The van der Waals surface area contributed by atoms with Crippen molar-refractivity contribution in [2.45, 2.75) is 4.90 Å². The highest BCUT2D eigenvalue weighted by Crippen LogP contribution is 2.37. The van der Waals surface area contributed by atoms with Gasteiger partial charge in [0.05, 0.1) is 16.1 Å². The van der Waals surface area contributed by atoms with Crippen molar-refractivity contribution in [3.8, 4) is 5.75 Å². The third-order valence-corrected chi connectivity index (χ3v) is 7.49. The Morgan fingerprint density at radius 3 is 1.70 bits per heavy atom. The lowest BCUT2D eigenvalue weighted by Gasteiger charge is -2.25. The normalized spacial score (nSPS) is 11.1. The van der Waals surface area contributed by atoms with Gasteiger partial charge in [0.1, 0.15) is 5.75 Å². The zero-order valence-electron chi connectivity index (χ0n) is 19.5. The number of carbonyl (C=O) groups excluding carboxylic acids is 2. The molecular weight excluding hydrogens is 486 g/mol. The van der Waals surface area contributed by atoms with Crippen LogP contribution in [0.3, 0.4) is 0 Å². The monoisotopic (exact) mass is 507 g/mol. The van der Waals surface area contributed by atoms with E-state index in [4.69, 9.17) is 4.74 Å². The highest BCUT2D eigenvalue weighted by molar-refractivity contribution is 7.93. The van der Waals surface area contributed by atoms with Crippen LogP contribution in [0.2, 0.25) is 0 Å². The predicted molar refractivity (Wildman–Crippen MR) is 142 cm³/mol. The zero-order chi connectivity index (χ0) is 25.8. The van der Waals surface area contributed by atoms with Gasteiger partial charge >= 0.3 is 5.97 Å². The number of ether oxygens (including phenoxy) is 1. The molecule has 7 heteroatoms. The van der Waals surface area contributed by atoms with Crippen LogP contribution in [-0.2, 0) is 10.0 Å². The molecular formula is C30H21NO5S. The van der Waals surface area contributed by atoms with Gasteiger partial charge in [-0.3, -0.25) is 4.79 Å². The van der Waals surface area contributed by atoms with E-state index in [9.17, 15) is 18.0 Å². The summed E-state index contributed by atoms with van der Waals surface area (Å²) < 4.78 is 34.2. The number of rotatable bonds is 6. The van der Waals surface area contributed by atoms with Crippen LogP contribution < -0.4 is 9.04 Å². The van der Waals surface area contributed by atoms with Crippen LogP contribution in [0.4, 0.5) is 5.69 Å². The molecule has 0 saturated heterocycles. The van der Waals surface area contributed by atoms with Crippen LogP contribution in [-0.4, -0.2) is 20.3 Å². The van der Waals surface area contributed by atoms with Gasteiger partial charge in [0.15, 0.2) is 0 Å². The van der Waals surface area contributed by atoms with Crippen molar-refractivity contribution in [1.29, 1.82) is 0 Å². The lowest BCUT2D eigenvalue weighted by Crippen LogP contribution is -2.37. The quantitative estimate of drug-likeness (QED) is 0.205. The highest BCUT2D eigenvalue weighted by atomic mass is 32.2. The third-order valence-electron chi connectivity index (χ3n) is 5.78. The number of nitrogens with zero attached hydrogens (tertiary/aromatic N) is 1. The molecule has 0 radical (unpaired) electrons. The lowest BCUT2D eigenvalue weighted by atomic mass is 10.1. The lowest BCUT2D eigenvalue weighted by molar-refractivity contribution is 0.0736. The van der Waals surface area contributed by atoms with Gasteiger partial charge in [-0.15, -0.1) is 0 Å². The maximum atomic E-state index is 13.9. The Balaban J connectivity index is 1.67. The number of hydrogen-bond donors (Lipinski definition) is 0. The summed E-state index contributed by atoms with van der Waals surface area (Å²) in [6.07, 6.45) is 0. The summed E-state index contributed by atoms with van der Waals surface area (Å²) in [5, 5.41) is 0.919. The van der Waals surface area contributed by atoms with Crippen LogP contribution in [0.25, 0.3) is 10.8 Å². The van der Waals surface area contributed by atoms with Crippen LogP contribution >= 0.6 is 0 Å². The fraction of sp³-hybridized carbons (Fsp3) is 0. The Kier molecular flexibility index (Phi) is 6.53. The van der Waals surface area contributed by atoms with Crippen molar-refractivity contribution < 1.29 is 22.7 Å². The van der Waals surface area contributed by atoms with Gasteiger partial charge < -0.3 is 4.74 Å². The minimum absolute atomic E-state index is 0.0251. The van der Waals surface area contributed by atoms with Crippen molar-refractivity contribution in [3.63, 3.8) is 0 Å². The Bertz CT molecular complexity index is 1690. The van der Waals surface area contributed by atoms with E-state index >= 15 is 0 Å². The van der Waals surface area contributed by atoms with E-state index in [1.54, 1.807) is 103 Å². The Morgan fingerprint density at radius 2 is 1.08 bits per heavy atom. The van der Waals surface area contributed by atoms with Crippen molar-refractivity contribution in [2.24, 2.45) is 0 Å². The van der Waals surface area contributed by atoms with E-state index in [0.717, 1.165) is 4.31 Å². The summed E-state index contributed by atoms with van der Waals surface area (Å²) in [6, 6.07) is 34.4. The molecule has 0 N–H and O–H groups in total. The molecule has 5 aromatic rings. The molecule has 6 nitrogen and oxygen atoms in total. The van der Waals surface area contributed by atoms with Crippen molar-refractivity contribution in [3.05, 3.63) is 139 Å². The summed E-state index contributed by atoms with van der Waals surface area (Å²) in [6.45, 7) is 0. The molecule has 0 unspecified atom stereocenters. The van der Waals surface area contributed by atoms with Gasteiger partial charge in [0.2, 0.25) is 0 Å². The summed E-state index contributed by atoms with van der Waals surface area (Å²) in [5.74, 6) is -1.01. The standard InChI is InChI=1S/C30H21NO5S/c32-29(22-12-4-1-5-13-22)31(37(34,35)24-16-8-3-9-17-24)27-20-21-28(26-19-11-10-18-25(26)27)36-30(33)23-14-6-2-7-15-23/h1-21H. The van der Waals surface area contributed by atoms with Crippen molar-refractivity contribution in [2.75, 3.05) is 4.31 Å². The minimum atomic E-state index is -4.30. The van der Waals surface area contributed by atoms with Gasteiger partial charge in [-0.05, 0) is 48.5 Å². The molecule has 0 spiro atoms. The SMILES string of the molecule is O=C(Oc1ccc(N(C(=O)c2ccccc2)S(=O)(=O)c2ccccc2)c2ccccc12)c1ccccc1. The molecule has 1 amide bonds. The first kappa shape index (κ1) is 24.0. The zero-order valence-corrected chi connectivity index (χ0v) is 20.3. The number of anilines is 1. The fourth-order valence-electron chi connectivity index (χ4n) is 4.00. The largest absolute Gasteiger partial charge is 0.422 e. The van der Waals surface area contributed by atoms with Crippen LogP contribution in [0.1, 0.15) is 20.7 Å². The molecule has 5 rings (SSSR count). The summed E-state index contributed by atoms with van der Waals surface area (Å²) in [5.41, 5.74) is 0.738. The number of benzene rings is 5. The summed E-state index contributed by atoms with van der Waals surface area (Å²) in [4.78, 5) is 26.4.